The summed E-state index contributed by atoms with van der Waals surface area (Å²) in [6.45, 7) is 7.94. The fraction of sp³-hybridized carbons (Fsp3) is 0.600. The van der Waals surface area contributed by atoms with Crippen molar-refractivity contribution < 1.29 is 14.3 Å². The second-order valence-electron chi connectivity index (χ2n) is 6.90. The number of nitrogens with one attached hydrogen (secondary N) is 2. The van der Waals surface area contributed by atoms with Gasteiger partial charge in [0.2, 0.25) is 11.8 Å². The van der Waals surface area contributed by atoms with Crippen molar-refractivity contribution in [3.63, 3.8) is 0 Å². The van der Waals surface area contributed by atoms with Gasteiger partial charge in [-0.15, -0.1) is 0 Å². The third-order valence-electron chi connectivity index (χ3n) is 4.76. The zero-order valence-corrected chi connectivity index (χ0v) is 18.4. The molecule has 150 valence electrons. The Morgan fingerprint density at radius 2 is 2.04 bits per heavy atom. The summed E-state index contributed by atoms with van der Waals surface area (Å²) >= 11 is 2.26. The molecule has 0 radical (unpaired) electrons. The minimum absolute atomic E-state index is 0.00173. The maximum Gasteiger partial charge on any atom is 0.238 e. The van der Waals surface area contributed by atoms with Crippen LogP contribution in [0.15, 0.2) is 18.2 Å². The molecule has 1 fully saturated rings. The van der Waals surface area contributed by atoms with Gasteiger partial charge in [0.15, 0.2) is 0 Å². The van der Waals surface area contributed by atoms with Gasteiger partial charge in [-0.05, 0) is 92.6 Å². The molecule has 0 aromatic heterocycles. The van der Waals surface area contributed by atoms with Gasteiger partial charge < -0.3 is 15.4 Å². The number of nitrogens with zero attached hydrogens (tertiary/aromatic N) is 1. The third kappa shape index (κ3) is 7.75. The largest absolute Gasteiger partial charge is 0.382 e. The Bertz CT molecular complexity index is 631. The maximum absolute atomic E-state index is 12.3. The molecular weight excluding hydrogens is 457 g/mol. The molecule has 2 amide bonds. The zero-order valence-electron chi connectivity index (χ0n) is 16.2. The molecule has 2 N–H and O–H groups in total. The van der Waals surface area contributed by atoms with Crippen molar-refractivity contribution in [3.8, 4) is 0 Å². The Kier molecular flexibility index (Phi) is 9.50. The summed E-state index contributed by atoms with van der Waals surface area (Å²) in [5, 5.41) is 5.98. The average Bonchev–Trinajstić information content (AvgIpc) is 2.64. The van der Waals surface area contributed by atoms with Crippen LogP contribution in [0.2, 0.25) is 0 Å². The van der Waals surface area contributed by atoms with Gasteiger partial charge in [-0.2, -0.15) is 0 Å². The van der Waals surface area contributed by atoms with E-state index in [0.29, 0.717) is 26.3 Å². The summed E-state index contributed by atoms with van der Waals surface area (Å²) in [5.41, 5.74) is 1.93. The lowest BCUT2D eigenvalue weighted by Gasteiger charge is -2.30. The molecule has 6 nitrogen and oxygen atoms in total. The van der Waals surface area contributed by atoms with E-state index < -0.39 is 0 Å². The number of amides is 2. The van der Waals surface area contributed by atoms with Gasteiger partial charge >= 0.3 is 0 Å². The van der Waals surface area contributed by atoms with Crippen molar-refractivity contribution in [2.45, 2.75) is 33.1 Å². The number of likely N-dealkylation sites (tertiary alicyclic amines) is 1. The summed E-state index contributed by atoms with van der Waals surface area (Å²) in [5.74, 6) is 0.179. The predicted octanol–water partition coefficient (Wildman–Crippen LogP) is 2.79. The Morgan fingerprint density at radius 1 is 1.30 bits per heavy atom. The molecule has 27 heavy (non-hydrogen) atoms. The van der Waals surface area contributed by atoms with E-state index in [1.165, 1.54) is 0 Å². The first-order valence-electron chi connectivity index (χ1n) is 9.63. The molecule has 7 heteroatoms. The summed E-state index contributed by atoms with van der Waals surface area (Å²) in [4.78, 5) is 26.7. The number of benzene rings is 1. The summed E-state index contributed by atoms with van der Waals surface area (Å²) in [6, 6.07) is 5.98. The van der Waals surface area contributed by atoms with Gasteiger partial charge in [0.05, 0.1) is 6.54 Å². The first-order valence-corrected chi connectivity index (χ1v) is 10.7. The number of hydrogen-bond donors (Lipinski definition) is 2. The van der Waals surface area contributed by atoms with Crippen molar-refractivity contribution >= 4 is 40.1 Å². The minimum atomic E-state index is -0.00173. The van der Waals surface area contributed by atoms with Gasteiger partial charge in [0.1, 0.15) is 0 Å². The highest BCUT2D eigenvalue weighted by molar-refractivity contribution is 14.1. The molecule has 1 aromatic carbocycles. The molecule has 0 aliphatic carbocycles. The standard InChI is InChI=1S/C20H30IN3O3/c1-3-27-12-4-9-22-20(26)16-7-10-24(11-8-16)14-19(25)23-18-6-5-17(21)13-15(18)2/h5-6,13,16H,3-4,7-12,14H2,1-2H3,(H,22,26)(H,23,25). The predicted molar refractivity (Wildman–Crippen MR) is 116 cm³/mol. The maximum atomic E-state index is 12.3. The molecule has 0 bridgehead atoms. The van der Waals surface area contributed by atoms with Gasteiger partial charge in [0, 0.05) is 34.9 Å². The molecule has 1 aliphatic rings. The molecule has 0 spiro atoms. The number of anilines is 1. The van der Waals surface area contributed by atoms with Crippen LogP contribution in [0.5, 0.6) is 0 Å². The van der Waals surface area contributed by atoms with E-state index in [9.17, 15) is 9.59 Å². The Labute approximate surface area is 175 Å². The quantitative estimate of drug-likeness (QED) is 0.415. The van der Waals surface area contributed by atoms with Crippen molar-refractivity contribution in [3.05, 3.63) is 27.3 Å². The van der Waals surface area contributed by atoms with Gasteiger partial charge in [-0.3, -0.25) is 14.5 Å². The number of piperidine rings is 1. The molecule has 2 rings (SSSR count). The minimum Gasteiger partial charge on any atom is -0.382 e. The van der Waals surface area contributed by atoms with Gasteiger partial charge in [-0.1, -0.05) is 0 Å². The molecular formula is C20H30IN3O3. The summed E-state index contributed by atoms with van der Waals surface area (Å²) in [6.07, 6.45) is 2.44. The van der Waals surface area contributed by atoms with E-state index >= 15 is 0 Å². The Morgan fingerprint density at radius 3 is 2.70 bits per heavy atom. The van der Waals surface area contributed by atoms with Crippen molar-refractivity contribution in [2.24, 2.45) is 5.92 Å². The summed E-state index contributed by atoms with van der Waals surface area (Å²) < 4.78 is 6.43. The molecule has 0 unspecified atom stereocenters. The molecule has 1 aromatic rings. The lowest BCUT2D eigenvalue weighted by molar-refractivity contribution is -0.126. The fourth-order valence-electron chi connectivity index (χ4n) is 3.19. The number of carbonyl (C=O) groups is 2. The van der Waals surface area contributed by atoms with Crippen molar-refractivity contribution in [1.29, 1.82) is 0 Å². The molecule has 1 aliphatic heterocycles. The Hall–Kier alpha value is -1.19. The van der Waals surface area contributed by atoms with Crippen LogP contribution in [0.25, 0.3) is 0 Å². The molecule has 1 saturated heterocycles. The zero-order chi connectivity index (χ0) is 19.6. The highest BCUT2D eigenvalue weighted by Gasteiger charge is 2.25. The number of ether oxygens (including phenoxy) is 1. The topological polar surface area (TPSA) is 70.7 Å². The van der Waals surface area contributed by atoms with Crippen LogP contribution >= 0.6 is 22.6 Å². The first kappa shape index (κ1) is 22.1. The number of halogens is 1. The normalized spacial score (nSPS) is 15.5. The van der Waals surface area contributed by atoms with Crippen LogP contribution in [0.4, 0.5) is 5.69 Å². The number of hydrogen-bond acceptors (Lipinski definition) is 4. The van der Waals surface area contributed by atoms with E-state index in [-0.39, 0.29) is 17.7 Å². The molecule has 0 atom stereocenters. The number of aryl methyl sites for hydroxylation is 1. The van der Waals surface area contributed by atoms with Crippen LogP contribution < -0.4 is 10.6 Å². The van der Waals surface area contributed by atoms with Crippen LogP contribution in [0.1, 0.15) is 31.7 Å². The summed E-state index contributed by atoms with van der Waals surface area (Å²) in [7, 11) is 0. The lowest BCUT2D eigenvalue weighted by atomic mass is 9.96. The lowest BCUT2D eigenvalue weighted by Crippen LogP contribution is -2.43. The average molecular weight is 487 g/mol. The smallest absolute Gasteiger partial charge is 0.238 e. The molecule has 1 heterocycles. The Balaban J connectivity index is 1.67. The van der Waals surface area contributed by atoms with Crippen LogP contribution in [0.3, 0.4) is 0 Å². The van der Waals surface area contributed by atoms with Gasteiger partial charge in [-0.25, -0.2) is 0 Å². The van der Waals surface area contributed by atoms with Crippen LogP contribution in [-0.2, 0) is 14.3 Å². The van der Waals surface area contributed by atoms with Crippen molar-refractivity contribution in [2.75, 3.05) is 44.7 Å². The van der Waals surface area contributed by atoms with Gasteiger partial charge in [0.25, 0.3) is 0 Å². The third-order valence-corrected chi connectivity index (χ3v) is 5.43. The van der Waals surface area contributed by atoms with E-state index in [4.69, 9.17) is 4.74 Å². The monoisotopic (exact) mass is 487 g/mol. The van der Waals surface area contributed by atoms with Crippen molar-refractivity contribution in [1.82, 2.24) is 10.2 Å². The SMILES string of the molecule is CCOCCCNC(=O)C1CCN(CC(=O)Nc2ccc(I)cc2C)CC1. The fourth-order valence-corrected chi connectivity index (χ4v) is 3.83. The van der Waals surface area contributed by atoms with E-state index in [2.05, 4.69) is 44.2 Å². The second-order valence-corrected chi connectivity index (χ2v) is 8.14. The van der Waals surface area contributed by atoms with E-state index in [1.807, 2.05) is 26.0 Å². The number of rotatable bonds is 9. The van der Waals surface area contributed by atoms with Crippen LogP contribution in [-0.4, -0.2) is 56.1 Å². The first-order chi connectivity index (χ1) is 13.0. The number of carbonyl (C=O) groups excluding carboxylic acids is 2. The van der Waals surface area contributed by atoms with Crippen LogP contribution in [0, 0.1) is 16.4 Å². The molecule has 0 saturated carbocycles. The highest BCUT2D eigenvalue weighted by Crippen LogP contribution is 2.19. The van der Waals surface area contributed by atoms with E-state index in [1.54, 1.807) is 0 Å². The second kappa shape index (κ2) is 11.6. The highest BCUT2D eigenvalue weighted by atomic mass is 127. The van der Waals surface area contributed by atoms with E-state index in [0.717, 1.165) is 47.2 Å².